The first-order chi connectivity index (χ1) is 15.6. The highest BCUT2D eigenvalue weighted by atomic mass is 32.2. The molecule has 1 aliphatic rings. The van der Waals surface area contributed by atoms with E-state index in [2.05, 4.69) is 32.6 Å². The largest absolute Gasteiger partial charge is 0.345 e. The van der Waals surface area contributed by atoms with Gasteiger partial charge < -0.3 is 9.88 Å². The van der Waals surface area contributed by atoms with Gasteiger partial charge in [-0.3, -0.25) is 4.79 Å². The Balaban J connectivity index is 1.47. The molecule has 1 aromatic carbocycles. The second-order valence-electron chi connectivity index (χ2n) is 8.56. The number of aryl methyl sites for hydroxylation is 1. The summed E-state index contributed by atoms with van der Waals surface area (Å²) in [5, 5.41) is 16.0. The fourth-order valence-corrected chi connectivity index (χ4v) is 5.97. The van der Waals surface area contributed by atoms with Crippen molar-refractivity contribution in [2.24, 2.45) is 13.0 Å². The Hall–Kier alpha value is -2.19. The minimum atomic E-state index is -0.244. The van der Waals surface area contributed by atoms with Crippen LogP contribution in [0.1, 0.15) is 60.2 Å². The first kappa shape index (κ1) is 23.0. The van der Waals surface area contributed by atoms with Gasteiger partial charge in [-0.25, -0.2) is 4.98 Å². The number of hydrogen-bond donors (Lipinski definition) is 1. The number of hydrogen-bond acceptors (Lipinski definition) is 6. The molecule has 32 heavy (non-hydrogen) atoms. The summed E-state index contributed by atoms with van der Waals surface area (Å²) in [5.74, 6) is 2.61. The van der Waals surface area contributed by atoms with Gasteiger partial charge in [0.25, 0.3) is 0 Å². The summed E-state index contributed by atoms with van der Waals surface area (Å²) in [6.07, 6.45) is 7.65. The molecule has 1 atom stereocenters. The Kier molecular flexibility index (Phi) is 7.97. The normalized spacial score (nSPS) is 15.6. The fourth-order valence-electron chi connectivity index (χ4n) is 4.26. The van der Waals surface area contributed by atoms with Crippen LogP contribution in [0.3, 0.4) is 0 Å². The molecular formula is C24H31N5OS2. The Morgan fingerprint density at radius 3 is 2.72 bits per heavy atom. The predicted molar refractivity (Wildman–Crippen MR) is 130 cm³/mol. The second kappa shape index (κ2) is 11.1. The minimum Gasteiger partial charge on any atom is -0.345 e. The van der Waals surface area contributed by atoms with Crippen LogP contribution in [0.5, 0.6) is 0 Å². The van der Waals surface area contributed by atoms with E-state index in [1.807, 2.05) is 42.1 Å². The maximum atomic E-state index is 12.8. The van der Waals surface area contributed by atoms with E-state index in [1.165, 1.54) is 32.1 Å². The van der Waals surface area contributed by atoms with E-state index >= 15 is 0 Å². The SMILES string of the molecule is Cc1nc(CC(=O)NC(Cc2ccccc2)c2nnc(SCC3CCCCC3)n2C)cs1. The second-order valence-corrected chi connectivity index (χ2v) is 10.6. The molecule has 1 unspecified atom stereocenters. The Morgan fingerprint density at radius 1 is 1.22 bits per heavy atom. The first-order valence-corrected chi connectivity index (χ1v) is 13.2. The molecule has 2 aromatic heterocycles. The summed E-state index contributed by atoms with van der Waals surface area (Å²) in [7, 11) is 2.01. The zero-order valence-corrected chi connectivity index (χ0v) is 20.4. The van der Waals surface area contributed by atoms with Gasteiger partial charge in [0.15, 0.2) is 11.0 Å². The van der Waals surface area contributed by atoms with Crippen molar-refractivity contribution in [2.75, 3.05) is 5.75 Å². The van der Waals surface area contributed by atoms with Crippen molar-refractivity contribution in [3.8, 4) is 0 Å². The number of thiazole rings is 1. The van der Waals surface area contributed by atoms with Gasteiger partial charge in [0.05, 0.1) is 23.2 Å². The van der Waals surface area contributed by atoms with Crippen LogP contribution in [-0.4, -0.2) is 31.4 Å². The molecule has 8 heteroatoms. The number of aromatic nitrogens is 4. The lowest BCUT2D eigenvalue weighted by atomic mass is 9.91. The number of benzene rings is 1. The number of nitrogens with one attached hydrogen (secondary N) is 1. The van der Waals surface area contributed by atoms with Crippen molar-refractivity contribution in [2.45, 2.75) is 63.1 Å². The van der Waals surface area contributed by atoms with Crippen LogP contribution in [0.25, 0.3) is 0 Å². The molecule has 2 heterocycles. The van der Waals surface area contributed by atoms with Crippen LogP contribution in [0.4, 0.5) is 0 Å². The van der Waals surface area contributed by atoms with E-state index in [9.17, 15) is 4.79 Å². The van der Waals surface area contributed by atoms with Gasteiger partial charge in [-0.15, -0.1) is 21.5 Å². The fraction of sp³-hybridized carbons (Fsp3) is 0.500. The molecule has 0 aliphatic heterocycles. The summed E-state index contributed by atoms with van der Waals surface area (Å²) >= 11 is 3.36. The van der Waals surface area contributed by atoms with E-state index in [4.69, 9.17) is 0 Å². The Morgan fingerprint density at radius 2 is 2.00 bits per heavy atom. The molecule has 1 amide bonds. The summed E-state index contributed by atoms with van der Waals surface area (Å²) in [4.78, 5) is 17.3. The van der Waals surface area contributed by atoms with Gasteiger partial charge in [0, 0.05) is 18.2 Å². The summed E-state index contributed by atoms with van der Waals surface area (Å²) < 4.78 is 2.05. The van der Waals surface area contributed by atoms with Crippen LogP contribution in [0.15, 0.2) is 40.9 Å². The number of carbonyl (C=O) groups excluding carboxylic acids is 1. The molecule has 0 saturated heterocycles. The third kappa shape index (κ3) is 6.19. The van der Waals surface area contributed by atoms with Gasteiger partial charge in [-0.1, -0.05) is 61.4 Å². The van der Waals surface area contributed by atoms with Gasteiger partial charge in [-0.2, -0.15) is 0 Å². The molecule has 1 saturated carbocycles. The molecule has 0 radical (unpaired) electrons. The third-order valence-electron chi connectivity index (χ3n) is 5.98. The molecule has 170 valence electrons. The average molecular weight is 470 g/mol. The van der Waals surface area contributed by atoms with Crippen molar-refractivity contribution < 1.29 is 4.79 Å². The van der Waals surface area contributed by atoms with Crippen LogP contribution < -0.4 is 5.32 Å². The maximum Gasteiger partial charge on any atom is 0.226 e. The molecular weight excluding hydrogens is 438 g/mol. The topological polar surface area (TPSA) is 72.7 Å². The zero-order chi connectivity index (χ0) is 22.3. The van der Waals surface area contributed by atoms with E-state index in [-0.39, 0.29) is 18.4 Å². The van der Waals surface area contributed by atoms with Crippen molar-refractivity contribution in [1.82, 2.24) is 25.1 Å². The zero-order valence-electron chi connectivity index (χ0n) is 18.8. The lowest BCUT2D eigenvalue weighted by molar-refractivity contribution is -0.121. The van der Waals surface area contributed by atoms with E-state index in [1.54, 1.807) is 23.1 Å². The van der Waals surface area contributed by atoms with Gasteiger partial charge in [0.2, 0.25) is 5.91 Å². The molecule has 1 aliphatic carbocycles. The molecule has 0 spiro atoms. The summed E-state index contributed by atoms with van der Waals surface area (Å²) in [6.45, 7) is 1.95. The Labute approximate surface area is 198 Å². The lowest BCUT2D eigenvalue weighted by Crippen LogP contribution is -2.33. The number of thioether (sulfide) groups is 1. The molecule has 6 nitrogen and oxygen atoms in total. The standard InChI is InChI=1S/C24H31N5OS2/c1-17-25-20(16-31-17)14-22(30)26-21(13-18-9-5-3-6-10-18)23-27-28-24(29(23)2)32-15-19-11-7-4-8-12-19/h3,5-6,9-10,16,19,21H,4,7-8,11-15H2,1-2H3,(H,26,30). The van der Waals surface area contributed by atoms with Crippen molar-refractivity contribution in [3.63, 3.8) is 0 Å². The number of nitrogens with zero attached hydrogens (tertiary/aromatic N) is 4. The molecule has 0 bridgehead atoms. The monoisotopic (exact) mass is 469 g/mol. The van der Waals surface area contributed by atoms with E-state index in [0.29, 0.717) is 6.42 Å². The lowest BCUT2D eigenvalue weighted by Gasteiger charge is -2.21. The highest BCUT2D eigenvalue weighted by Gasteiger charge is 2.23. The van der Waals surface area contributed by atoms with E-state index in [0.717, 1.165) is 38.9 Å². The maximum absolute atomic E-state index is 12.8. The quantitative estimate of drug-likeness (QED) is 0.452. The molecule has 1 fully saturated rings. The van der Waals surface area contributed by atoms with Crippen molar-refractivity contribution in [3.05, 3.63) is 57.8 Å². The van der Waals surface area contributed by atoms with Crippen LogP contribution in [0.2, 0.25) is 0 Å². The van der Waals surface area contributed by atoms with E-state index < -0.39 is 0 Å². The van der Waals surface area contributed by atoms with Crippen LogP contribution in [-0.2, 0) is 24.7 Å². The summed E-state index contributed by atoms with van der Waals surface area (Å²) in [5.41, 5.74) is 1.96. The average Bonchev–Trinajstić information content (AvgIpc) is 3.38. The number of amides is 1. The van der Waals surface area contributed by atoms with Crippen molar-refractivity contribution >= 4 is 29.0 Å². The molecule has 3 aromatic rings. The molecule has 1 N–H and O–H groups in total. The van der Waals surface area contributed by atoms with Crippen molar-refractivity contribution in [1.29, 1.82) is 0 Å². The third-order valence-corrected chi connectivity index (χ3v) is 8.05. The van der Waals surface area contributed by atoms with Gasteiger partial charge in [0.1, 0.15) is 0 Å². The number of rotatable bonds is 9. The van der Waals surface area contributed by atoms with Crippen LogP contribution >= 0.6 is 23.1 Å². The van der Waals surface area contributed by atoms with Crippen LogP contribution in [0, 0.1) is 12.8 Å². The highest BCUT2D eigenvalue weighted by Crippen LogP contribution is 2.30. The Bertz CT molecular complexity index is 1010. The molecule has 4 rings (SSSR count). The van der Waals surface area contributed by atoms with Gasteiger partial charge >= 0.3 is 0 Å². The summed E-state index contributed by atoms with van der Waals surface area (Å²) in [6, 6.07) is 9.97. The highest BCUT2D eigenvalue weighted by molar-refractivity contribution is 7.99. The predicted octanol–water partition coefficient (Wildman–Crippen LogP) is 4.90. The minimum absolute atomic E-state index is 0.0457. The first-order valence-electron chi connectivity index (χ1n) is 11.3. The smallest absolute Gasteiger partial charge is 0.226 e. The number of carbonyl (C=O) groups is 1. The van der Waals surface area contributed by atoms with Gasteiger partial charge in [-0.05, 0) is 37.7 Å².